The highest BCUT2D eigenvalue weighted by Crippen LogP contribution is 2.03. The largest absolute Gasteiger partial charge is 0.470 e. The van der Waals surface area contributed by atoms with Gasteiger partial charge in [0.1, 0.15) is 12.3 Å². The number of nitrogens with zero attached hydrogens (tertiary/aromatic N) is 6. The van der Waals surface area contributed by atoms with Crippen molar-refractivity contribution in [2.75, 3.05) is 0 Å². The van der Waals surface area contributed by atoms with Crippen LogP contribution in [0.3, 0.4) is 0 Å². The monoisotopic (exact) mass is 190 g/mol. The van der Waals surface area contributed by atoms with Gasteiger partial charge in [-0.15, -0.1) is 15.3 Å². The van der Waals surface area contributed by atoms with E-state index in [4.69, 9.17) is 4.74 Å². The fourth-order valence-electron chi connectivity index (χ4n) is 0.798. The highest BCUT2D eigenvalue weighted by Gasteiger charge is 1.97. The van der Waals surface area contributed by atoms with Crippen molar-refractivity contribution in [1.82, 2.24) is 30.8 Å². The van der Waals surface area contributed by atoms with Crippen LogP contribution in [0.25, 0.3) is 0 Å². The summed E-state index contributed by atoms with van der Waals surface area (Å²) < 4.78 is 5.25. The maximum atomic E-state index is 5.25. The summed E-state index contributed by atoms with van der Waals surface area (Å²) in [6, 6.07) is 3.32. The van der Waals surface area contributed by atoms with Crippen LogP contribution in [0.4, 0.5) is 0 Å². The van der Waals surface area contributed by atoms with Gasteiger partial charge in [-0.3, -0.25) is 0 Å². The molecule has 0 N–H and O–H groups in total. The Morgan fingerprint density at radius 1 is 1.00 bits per heavy atom. The third kappa shape index (κ3) is 2.16. The predicted molar refractivity (Wildman–Crippen MR) is 44.0 cm³/mol. The van der Waals surface area contributed by atoms with Gasteiger partial charge in [0.05, 0.1) is 12.4 Å². The summed E-state index contributed by atoms with van der Waals surface area (Å²) in [7, 11) is 0. The molecule has 0 fully saturated rings. The van der Waals surface area contributed by atoms with Gasteiger partial charge in [0, 0.05) is 6.07 Å². The number of ether oxygens (including phenoxy) is 1. The van der Waals surface area contributed by atoms with Gasteiger partial charge in [-0.25, -0.2) is 0 Å². The first-order chi connectivity index (χ1) is 6.95. The van der Waals surface area contributed by atoms with E-state index in [1.807, 2.05) is 0 Å². The summed E-state index contributed by atoms with van der Waals surface area (Å²) in [6.07, 6.45) is 3.05. The van der Waals surface area contributed by atoms with Crippen molar-refractivity contribution in [3.63, 3.8) is 0 Å². The van der Waals surface area contributed by atoms with Gasteiger partial charge in [0.25, 0.3) is 0 Å². The van der Waals surface area contributed by atoms with Crippen LogP contribution < -0.4 is 4.74 Å². The zero-order chi connectivity index (χ0) is 9.64. The summed E-state index contributed by atoms with van der Waals surface area (Å²) in [5.41, 5.74) is 0.679. The molecule has 14 heavy (non-hydrogen) atoms. The van der Waals surface area contributed by atoms with Crippen LogP contribution in [0.1, 0.15) is 5.69 Å². The first-order valence-electron chi connectivity index (χ1n) is 3.85. The van der Waals surface area contributed by atoms with E-state index in [2.05, 4.69) is 30.8 Å². The molecule has 2 rings (SSSR count). The fourth-order valence-corrected chi connectivity index (χ4v) is 0.798. The second-order valence-electron chi connectivity index (χ2n) is 2.36. The molecule has 7 heteroatoms. The maximum absolute atomic E-state index is 5.25. The molecule has 0 saturated heterocycles. The van der Waals surface area contributed by atoms with E-state index < -0.39 is 0 Å². The van der Waals surface area contributed by atoms with E-state index in [9.17, 15) is 0 Å². The molecule has 0 spiro atoms. The van der Waals surface area contributed by atoms with Gasteiger partial charge in [-0.1, -0.05) is 5.10 Å². The minimum atomic E-state index is 0.286. The zero-order valence-corrected chi connectivity index (χ0v) is 7.11. The Morgan fingerprint density at radius 2 is 1.79 bits per heavy atom. The topological polar surface area (TPSA) is 86.6 Å². The molecular weight excluding hydrogens is 184 g/mol. The average Bonchev–Trinajstić information content (AvgIpc) is 2.29. The Morgan fingerprint density at radius 3 is 2.43 bits per heavy atom. The van der Waals surface area contributed by atoms with Crippen LogP contribution in [0.15, 0.2) is 24.5 Å². The molecule has 70 valence electrons. The van der Waals surface area contributed by atoms with Crippen molar-refractivity contribution in [2.45, 2.75) is 6.61 Å². The number of aromatic nitrogens is 6. The molecule has 0 radical (unpaired) electrons. The molecule has 2 heterocycles. The first kappa shape index (κ1) is 8.42. The smallest absolute Gasteiger partial charge is 0.237 e. The van der Waals surface area contributed by atoms with Crippen molar-refractivity contribution in [2.24, 2.45) is 0 Å². The number of rotatable bonds is 3. The van der Waals surface area contributed by atoms with Crippen LogP contribution in [0.5, 0.6) is 5.88 Å². The zero-order valence-electron chi connectivity index (χ0n) is 7.11. The van der Waals surface area contributed by atoms with E-state index in [-0.39, 0.29) is 6.61 Å². The van der Waals surface area contributed by atoms with E-state index in [1.54, 1.807) is 18.3 Å². The molecule has 0 atom stereocenters. The summed E-state index contributed by atoms with van der Waals surface area (Å²) >= 11 is 0. The van der Waals surface area contributed by atoms with Crippen LogP contribution >= 0.6 is 0 Å². The first-order valence-corrected chi connectivity index (χ1v) is 3.85. The van der Waals surface area contributed by atoms with Crippen molar-refractivity contribution < 1.29 is 4.74 Å². The minimum Gasteiger partial charge on any atom is -0.470 e. The summed E-state index contributed by atoms with van der Waals surface area (Å²) in [4.78, 5) is 0. The van der Waals surface area contributed by atoms with E-state index in [0.717, 1.165) is 0 Å². The third-order valence-corrected chi connectivity index (χ3v) is 1.41. The predicted octanol–water partition coefficient (Wildman–Crippen LogP) is -0.364. The fraction of sp³-hybridized carbons (Fsp3) is 0.143. The second-order valence-corrected chi connectivity index (χ2v) is 2.36. The quantitative estimate of drug-likeness (QED) is 0.652. The Bertz CT molecular complexity index is 340. The molecule has 0 amide bonds. The lowest BCUT2D eigenvalue weighted by atomic mass is 10.4. The maximum Gasteiger partial charge on any atom is 0.237 e. The van der Waals surface area contributed by atoms with Crippen LogP contribution in [0.2, 0.25) is 0 Å². The van der Waals surface area contributed by atoms with Gasteiger partial charge in [0.2, 0.25) is 5.88 Å². The van der Waals surface area contributed by atoms with E-state index in [0.29, 0.717) is 11.6 Å². The van der Waals surface area contributed by atoms with Gasteiger partial charge in [-0.2, -0.15) is 0 Å². The Balaban J connectivity index is 1.96. The highest BCUT2D eigenvalue weighted by atomic mass is 16.5. The molecule has 7 nitrogen and oxygen atoms in total. The van der Waals surface area contributed by atoms with Crippen LogP contribution in [-0.2, 0) is 6.61 Å². The van der Waals surface area contributed by atoms with Crippen molar-refractivity contribution in [3.8, 4) is 5.88 Å². The lowest BCUT2D eigenvalue weighted by Gasteiger charge is -2.00. The SMILES string of the molecule is c1cc(COc2ccnnn2)nnn1. The Labute approximate surface area is 79.2 Å². The minimum absolute atomic E-state index is 0.286. The Hall–Kier alpha value is -2.18. The van der Waals surface area contributed by atoms with E-state index >= 15 is 0 Å². The molecule has 0 aliphatic carbocycles. The van der Waals surface area contributed by atoms with Gasteiger partial charge >= 0.3 is 0 Å². The number of hydrogen-bond acceptors (Lipinski definition) is 7. The molecule has 0 aliphatic rings. The molecule has 0 saturated carbocycles. The van der Waals surface area contributed by atoms with Crippen molar-refractivity contribution in [1.29, 1.82) is 0 Å². The molecule has 2 aromatic heterocycles. The van der Waals surface area contributed by atoms with Gasteiger partial charge in [-0.05, 0) is 16.5 Å². The summed E-state index contributed by atoms with van der Waals surface area (Å²) in [6.45, 7) is 0.286. The van der Waals surface area contributed by atoms with Crippen molar-refractivity contribution in [3.05, 3.63) is 30.2 Å². The highest BCUT2D eigenvalue weighted by molar-refractivity contribution is 5.03. The third-order valence-electron chi connectivity index (χ3n) is 1.41. The van der Waals surface area contributed by atoms with E-state index in [1.165, 1.54) is 6.20 Å². The molecule has 0 unspecified atom stereocenters. The molecular formula is C7H6N6O. The van der Waals surface area contributed by atoms with Crippen LogP contribution in [-0.4, -0.2) is 30.8 Å². The van der Waals surface area contributed by atoms with Gasteiger partial charge in [0.15, 0.2) is 0 Å². The van der Waals surface area contributed by atoms with Crippen molar-refractivity contribution >= 4 is 0 Å². The molecule has 0 aliphatic heterocycles. The van der Waals surface area contributed by atoms with Crippen LogP contribution in [0, 0.1) is 0 Å². The lowest BCUT2D eigenvalue weighted by molar-refractivity contribution is 0.282. The number of hydrogen-bond donors (Lipinski definition) is 0. The normalized spacial score (nSPS) is 9.71. The standard InChI is InChI=1S/C7H6N6O/c1-3-8-12-10-6(1)5-14-7-2-4-9-13-11-7/h1-4H,5H2. The summed E-state index contributed by atoms with van der Waals surface area (Å²) in [5, 5.41) is 21.3. The molecule has 0 bridgehead atoms. The van der Waals surface area contributed by atoms with Gasteiger partial charge < -0.3 is 4.74 Å². The Kier molecular flexibility index (Phi) is 2.51. The summed E-state index contributed by atoms with van der Waals surface area (Å²) in [5.74, 6) is 0.401. The second kappa shape index (κ2) is 4.17. The lowest BCUT2D eigenvalue weighted by Crippen LogP contribution is -2.02. The molecule has 0 aromatic carbocycles. The average molecular weight is 190 g/mol. The molecule has 2 aromatic rings.